The summed E-state index contributed by atoms with van der Waals surface area (Å²) in [6.07, 6.45) is 0. The van der Waals surface area contributed by atoms with Gasteiger partial charge < -0.3 is 13.6 Å². The van der Waals surface area contributed by atoms with Gasteiger partial charge in [-0.15, -0.1) is 0 Å². The predicted molar refractivity (Wildman–Crippen MR) is 243 cm³/mol. The first kappa shape index (κ1) is 33.1. The Bertz CT molecular complexity index is 3670. The van der Waals surface area contributed by atoms with Crippen LogP contribution in [0.25, 0.3) is 110 Å². The van der Waals surface area contributed by atoms with Gasteiger partial charge in [-0.2, -0.15) is 5.26 Å². The van der Waals surface area contributed by atoms with Crippen LogP contribution < -0.4 is 0 Å². The summed E-state index contributed by atoms with van der Waals surface area (Å²) in [4.78, 5) is 0. The van der Waals surface area contributed by atoms with Crippen molar-refractivity contribution in [1.29, 1.82) is 5.26 Å². The SMILES string of the molecule is N#Cc1cccc(-n2c3ccccc3c3cc(-c4ccc(-c5ccc6c(c5)c5ccc(-c7cccc8c7oc7ccccc78)cc5n6-c5ccccc5)cc4)ccc32)c1. The molecule has 0 saturated carbocycles. The van der Waals surface area contributed by atoms with Crippen molar-refractivity contribution < 1.29 is 4.42 Å². The van der Waals surface area contributed by atoms with E-state index in [4.69, 9.17) is 4.42 Å². The molecule has 0 fully saturated rings. The van der Waals surface area contributed by atoms with E-state index in [9.17, 15) is 5.26 Å². The quantitative estimate of drug-likeness (QED) is 0.176. The third-order valence-electron chi connectivity index (χ3n) is 12.0. The number of fused-ring (bicyclic) bond motifs is 9. The molecule has 0 unspecified atom stereocenters. The number of rotatable bonds is 5. The van der Waals surface area contributed by atoms with Gasteiger partial charge in [-0.1, -0.05) is 127 Å². The Labute approximate surface area is 339 Å². The summed E-state index contributed by atoms with van der Waals surface area (Å²) in [6, 6.07) is 73.3. The summed E-state index contributed by atoms with van der Waals surface area (Å²) in [5, 5.41) is 16.6. The van der Waals surface area contributed by atoms with Crippen LogP contribution in [0.5, 0.6) is 0 Å². The number of aromatic nitrogens is 2. The van der Waals surface area contributed by atoms with Gasteiger partial charge >= 0.3 is 0 Å². The highest BCUT2D eigenvalue weighted by Gasteiger charge is 2.18. The molecular formula is C55H33N3O. The maximum atomic E-state index is 9.60. The number of hydrogen-bond donors (Lipinski definition) is 0. The molecular weight excluding hydrogens is 719 g/mol. The van der Waals surface area contributed by atoms with Crippen LogP contribution in [0, 0.1) is 11.3 Å². The Morgan fingerprint density at radius 1 is 0.356 bits per heavy atom. The lowest BCUT2D eigenvalue weighted by Gasteiger charge is -2.10. The molecule has 4 heteroatoms. The molecule has 0 saturated heterocycles. The van der Waals surface area contributed by atoms with Crippen LogP contribution in [0.3, 0.4) is 0 Å². The van der Waals surface area contributed by atoms with Gasteiger partial charge in [0.15, 0.2) is 0 Å². The molecule has 0 aliphatic rings. The third-order valence-corrected chi connectivity index (χ3v) is 12.0. The Morgan fingerprint density at radius 2 is 0.915 bits per heavy atom. The Morgan fingerprint density at radius 3 is 1.66 bits per heavy atom. The molecule has 9 aromatic carbocycles. The maximum Gasteiger partial charge on any atom is 0.143 e. The molecule has 0 N–H and O–H groups in total. The second-order valence-electron chi connectivity index (χ2n) is 15.2. The lowest BCUT2D eigenvalue weighted by atomic mass is 9.97. The van der Waals surface area contributed by atoms with Gasteiger partial charge in [0.1, 0.15) is 11.2 Å². The van der Waals surface area contributed by atoms with Crippen molar-refractivity contribution in [2.75, 3.05) is 0 Å². The lowest BCUT2D eigenvalue weighted by molar-refractivity contribution is 0.670. The molecule has 0 radical (unpaired) electrons. The van der Waals surface area contributed by atoms with Crippen LogP contribution in [0.4, 0.5) is 0 Å². The van der Waals surface area contributed by atoms with Crippen LogP contribution in [0.15, 0.2) is 205 Å². The Hall–Kier alpha value is -8.13. The fourth-order valence-electron chi connectivity index (χ4n) is 9.20. The second kappa shape index (κ2) is 13.0. The standard InChI is InChI=1S/C55H33N3O/c56-34-35-10-8-13-42(30-35)58-50-18-6-4-14-44(50)48-31-38(26-29-52(48)58)36-20-22-37(23-21-36)39-25-28-51-49(32-39)45-27-24-40(33-53(45)57(51)41-11-2-1-3-12-41)43-16-9-17-47-46-15-5-7-19-54(46)59-55(43)47/h1-33H. The van der Waals surface area contributed by atoms with Crippen molar-refractivity contribution in [2.24, 2.45) is 0 Å². The van der Waals surface area contributed by atoms with Gasteiger partial charge in [0, 0.05) is 49.3 Å². The van der Waals surface area contributed by atoms with Crippen molar-refractivity contribution in [1.82, 2.24) is 9.13 Å². The van der Waals surface area contributed by atoms with Gasteiger partial charge in [0.2, 0.25) is 0 Å². The normalized spacial score (nSPS) is 11.7. The summed E-state index contributed by atoms with van der Waals surface area (Å²) in [5.41, 5.74) is 16.0. The summed E-state index contributed by atoms with van der Waals surface area (Å²) < 4.78 is 11.1. The topological polar surface area (TPSA) is 46.8 Å². The van der Waals surface area contributed by atoms with Crippen molar-refractivity contribution >= 4 is 65.6 Å². The summed E-state index contributed by atoms with van der Waals surface area (Å²) in [6.45, 7) is 0. The maximum absolute atomic E-state index is 9.60. The average Bonchev–Trinajstić information content (AvgIpc) is 3.96. The largest absolute Gasteiger partial charge is 0.455 e. The lowest BCUT2D eigenvalue weighted by Crippen LogP contribution is -1.94. The third kappa shape index (κ3) is 5.16. The van der Waals surface area contributed by atoms with E-state index in [2.05, 4.69) is 185 Å². The molecule has 0 bridgehead atoms. The number of furan rings is 1. The first-order valence-corrected chi connectivity index (χ1v) is 19.9. The number of benzene rings is 9. The zero-order valence-electron chi connectivity index (χ0n) is 31.8. The van der Waals surface area contributed by atoms with Crippen LogP contribution in [0.2, 0.25) is 0 Å². The Kier molecular flexibility index (Phi) is 7.26. The van der Waals surface area contributed by atoms with Crippen LogP contribution in [0.1, 0.15) is 5.56 Å². The molecule has 0 aliphatic carbocycles. The van der Waals surface area contributed by atoms with E-state index < -0.39 is 0 Å². The smallest absolute Gasteiger partial charge is 0.143 e. The van der Waals surface area contributed by atoms with E-state index in [1.54, 1.807) is 0 Å². The highest BCUT2D eigenvalue weighted by molar-refractivity contribution is 6.14. The van der Waals surface area contributed by atoms with Crippen molar-refractivity contribution in [3.05, 3.63) is 206 Å². The first-order chi connectivity index (χ1) is 29.2. The predicted octanol–water partition coefficient (Wildman–Crippen LogP) is 14.7. The second-order valence-corrected chi connectivity index (χ2v) is 15.2. The van der Waals surface area contributed by atoms with Gasteiger partial charge in [-0.25, -0.2) is 0 Å². The highest BCUT2D eigenvalue weighted by Crippen LogP contribution is 2.41. The van der Waals surface area contributed by atoms with E-state index in [1.165, 1.54) is 32.7 Å². The molecule has 4 nitrogen and oxygen atoms in total. The molecule has 3 aromatic heterocycles. The molecule has 0 aliphatic heterocycles. The number of hydrogen-bond acceptors (Lipinski definition) is 2. The molecule has 3 heterocycles. The monoisotopic (exact) mass is 751 g/mol. The number of nitriles is 1. The summed E-state index contributed by atoms with van der Waals surface area (Å²) >= 11 is 0. The van der Waals surface area contributed by atoms with E-state index in [-0.39, 0.29) is 0 Å². The van der Waals surface area contributed by atoms with E-state index in [0.29, 0.717) is 5.56 Å². The van der Waals surface area contributed by atoms with E-state index in [1.807, 2.05) is 30.3 Å². The molecule has 59 heavy (non-hydrogen) atoms. The van der Waals surface area contributed by atoms with Crippen LogP contribution in [-0.4, -0.2) is 9.13 Å². The fraction of sp³-hybridized carbons (Fsp3) is 0. The van der Waals surface area contributed by atoms with Crippen molar-refractivity contribution in [2.45, 2.75) is 0 Å². The number of nitrogens with zero attached hydrogens (tertiary/aromatic N) is 3. The van der Waals surface area contributed by atoms with Gasteiger partial charge in [-0.05, 0) is 101 Å². The zero-order chi connectivity index (χ0) is 39.0. The molecule has 0 amide bonds. The number of para-hydroxylation sites is 4. The average molecular weight is 752 g/mol. The highest BCUT2D eigenvalue weighted by atomic mass is 16.3. The van der Waals surface area contributed by atoms with E-state index >= 15 is 0 Å². The van der Waals surface area contributed by atoms with Gasteiger partial charge in [-0.3, -0.25) is 0 Å². The molecule has 274 valence electrons. The minimum absolute atomic E-state index is 0.647. The molecule has 0 spiro atoms. The van der Waals surface area contributed by atoms with Gasteiger partial charge in [0.25, 0.3) is 0 Å². The Balaban J connectivity index is 0.951. The minimum Gasteiger partial charge on any atom is -0.455 e. The molecule has 12 rings (SSSR count). The fourth-order valence-corrected chi connectivity index (χ4v) is 9.20. The minimum atomic E-state index is 0.647. The van der Waals surface area contributed by atoms with Crippen LogP contribution >= 0.6 is 0 Å². The molecule has 0 atom stereocenters. The van der Waals surface area contributed by atoms with E-state index in [0.717, 1.165) is 77.6 Å². The van der Waals surface area contributed by atoms with Crippen LogP contribution in [-0.2, 0) is 0 Å². The zero-order valence-corrected chi connectivity index (χ0v) is 31.8. The molecule has 12 aromatic rings. The van der Waals surface area contributed by atoms with Crippen molar-refractivity contribution in [3.63, 3.8) is 0 Å². The van der Waals surface area contributed by atoms with Gasteiger partial charge in [0.05, 0.1) is 33.7 Å². The first-order valence-electron chi connectivity index (χ1n) is 19.9. The summed E-state index contributed by atoms with van der Waals surface area (Å²) in [5.74, 6) is 0. The van der Waals surface area contributed by atoms with Crippen molar-refractivity contribution in [3.8, 4) is 50.8 Å². The summed E-state index contributed by atoms with van der Waals surface area (Å²) in [7, 11) is 0.